The van der Waals surface area contributed by atoms with Gasteiger partial charge in [-0.2, -0.15) is 0 Å². The number of hydrogen-bond acceptors (Lipinski definition) is 11. The highest BCUT2D eigenvalue weighted by Gasteiger charge is 2.53. The lowest BCUT2D eigenvalue weighted by Gasteiger charge is -2.49. The smallest absolute Gasteiger partial charge is 0.187 e. The minimum absolute atomic E-state index is 0.198. The maximum atomic E-state index is 11.5. The summed E-state index contributed by atoms with van der Waals surface area (Å²) in [7, 11) is 0. The second kappa shape index (κ2) is 25.3. The molecule has 11 heteroatoms. The van der Waals surface area contributed by atoms with E-state index < -0.39 is 68.0 Å². The van der Waals surface area contributed by atoms with E-state index in [4.69, 9.17) is 42.6 Å². The van der Waals surface area contributed by atoms with E-state index in [0.717, 1.165) is 64.2 Å². The Labute approximate surface area is 278 Å². The first kappa shape index (κ1) is 41.5. The van der Waals surface area contributed by atoms with Crippen molar-refractivity contribution in [2.24, 2.45) is 0 Å². The fourth-order valence-electron chi connectivity index (χ4n) is 5.42. The fraction of sp³-hybridized carbons (Fsp3) is 0.943. The largest absolute Gasteiger partial charge is 0.394 e. The zero-order chi connectivity index (χ0) is 33.6. The Balaban J connectivity index is 2.50. The first-order chi connectivity index (χ1) is 22.5. The van der Waals surface area contributed by atoms with Crippen LogP contribution in [0.4, 0.5) is 0 Å². The van der Waals surface area contributed by atoms with E-state index in [1.807, 2.05) is 0 Å². The van der Waals surface area contributed by atoms with Crippen LogP contribution in [0.1, 0.15) is 98.8 Å². The molecule has 2 aliphatic heterocycles. The molecule has 2 saturated heterocycles. The summed E-state index contributed by atoms with van der Waals surface area (Å²) in [6, 6.07) is 0. The Morgan fingerprint density at radius 1 is 0.587 bits per heavy atom. The Morgan fingerprint density at radius 3 is 1.59 bits per heavy atom. The molecule has 2 N–H and O–H groups in total. The average molecular weight is 663 g/mol. The summed E-state index contributed by atoms with van der Waals surface area (Å²) in [6.45, 7) is 17.0. The lowest BCUT2D eigenvalue weighted by molar-refractivity contribution is -0.371. The van der Waals surface area contributed by atoms with Crippen molar-refractivity contribution in [2.45, 2.75) is 160 Å². The van der Waals surface area contributed by atoms with E-state index in [2.05, 4.69) is 41.2 Å². The standard InChI is InChI=1S/C35H66O11/c1-7-13-19-38-25-27-29(39-20-14-8-2)31(40-21-15-9-3)33(42-23-17-11-5)35(45-27)46-30-28(37)26(24-36)44-34(43-18-12-6)32(30)41-22-16-10-4/h12,26-37H,6-11,13-25H2,1-5H3/t26?,27?,28-,29-,30+,31?,32?,33+,34+,35+/m1/s1. The first-order valence-corrected chi connectivity index (χ1v) is 18.0. The van der Waals surface area contributed by atoms with Crippen molar-refractivity contribution in [3.8, 4) is 0 Å². The molecule has 4 unspecified atom stereocenters. The van der Waals surface area contributed by atoms with E-state index in [-0.39, 0.29) is 6.61 Å². The van der Waals surface area contributed by atoms with Crippen LogP contribution in [0.5, 0.6) is 0 Å². The van der Waals surface area contributed by atoms with Crippen molar-refractivity contribution < 1.29 is 52.8 Å². The van der Waals surface area contributed by atoms with Crippen molar-refractivity contribution >= 4 is 0 Å². The monoisotopic (exact) mass is 662 g/mol. The van der Waals surface area contributed by atoms with Gasteiger partial charge in [0.2, 0.25) is 0 Å². The van der Waals surface area contributed by atoms with Gasteiger partial charge in [0.05, 0.1) is 19.8 Å². The van der Waals surface area contributed by atoms with E-state index in [9.17, 15) is 10.2 Å². The molecule has 0 aromatic carbocycles. The van der Waals surface area contributed by atoms with Gasteiger partial charge in [-0.05, 0) is 32.1 Å². The van der Waals surface area contributed by atoms with E-state index in [1.54, 1.807) is 6.08 Å². The molecule has 0 aromatic heterocycles. The van der Waals surface area contributed by atoms with Gasteiger partial charge >= 0.3 is 0 Å². The van der Waals surface area contributed by atoms with Gasteiger partial charge in [-0.3, -0.25) is 0 Å². The predicted octanol–water partition coefficient (Wildman–Crippen LogP) is 4.94. The van der Waals surface area contributed by atoms with Crippen molar-refractivity contribution in [1.29, 1.82) is 0 Å². The molecule has 0 saturated carbocycles. The van der Waals surface area contributed by atoms with Crippen LogP contribution < -0.4 is 0 Å². The third-order valence-electron chi connectivity index (χ3n) is 8.22. The van der Waals surface area contributed by atoms with E-state index >= 15 is 0 Å². The minimum atomic E-state index is -1.22. The van der Waals surface area contributed by atoms with Crippen molar-refractivity contribution in [3.05, 3.63) is 12.7 Å². The Bertz CT molecular complexity index is 743. The van der Waals surface area contributed by atoms with Crippen molar-refractivity contribution in [3.63, 3.8) is 0 Å². The number of hydrogen-bond donors (Lipinski definition) is 2. The van der Waals surface area contributed by atoms with Crippen LogP contribution in [0, 0.1) is 0 Å². The van der Waals surface area contributed by atoms with Gasteiger partial charge in [0.25, 0.3) is 0 Å². The molecule has 0 aromatic rings. The first-order valence-electron chi connectivity index (χ1n) is 18.0. The normalized spacial score (nSPS) is 31.7. The molecular formula is C35H66O11. The summed E-state index contributed by atoms with van der Waals surface area (Å²) >= 11 is 0. The quantitative estimate of drug-likeness (QED) is 0.0919. The summed E-state index contributed by atoms with van der Waals surface area (Å²) in [5.74, 6) is 0. The highest BCUT2D eigenvalue weighted by atomic mass is 16.8. The molecule has 2 heterocycles. The van der Waals surface area contributed by atoms with Crippen LogP contribution in [-0.2, 0) is 42.6 Å². The minimum Gasteiger partial charge on any atom is -0.394 e. The van der Waals surface area contributed by atoms with Gasteiger partial charge in [-0.15, -0.1) is 6.58 Å². The summed E-state index contributed by atoms with van der Waals surface area (Å²) in [6.07, 6.45) is 2.96. The van der Waals surface area contributed by atoms with Gasteiger partial charge in [0.1, 0.15) is 48.8 Å². The van der Waals surface area contributed by atoms with E-state index in [0.29, 0.717) is 39.6 Å². The Kier molecular flexibility index (Phi) is 22.8. The third kappa shape index (κ3) is 13.7. The predicted molar refractivity (Wildman–Crippen MR) is 176 cm³/mol. The second-order valence-electron chi connectivity index (χ2n) is 12.2. The molecule has 11 nitrogen and oxygen atoms in total. The highest BCUT2D eigenvalue weighted by molar-refractivity contribution is 4.97. The van der Waals surface area contributed by atoms with Gasteiger partial charge in [-0.1, -0.05) is 72.8 Å². The molecular weight excluding hydrogens is 596 g/mol. The van der Waals surface area contributed by atoms with Crippen LogP contribution in [0.2, 0.25) is 0 Å². The Morgan fingerprint density at radius 2 is 1.07 bits per heavy atom. The molecule has 10 atom stereocenters. The summed E-state index contributed by atoms with van der Waals surface area (Å²) in [5, 5.41) is 21.6. The molecule has 0 aliphatic carbocycles. The molecule has 2 aliphatic rings. The highest BCUT2D eigenvalue weighted by Crippen LogP contribution is 2.34. The zero-order valence-electron chi connectivity index (χ0n) is 29.4. The fourth-order valence-corrected chi connectivity index (χ4v) is 5.42. The molecule has 46 heavy (non-hydrogen) atoms. The summed E-state index contributed by atoms with van der Waals surface area (Å²) in [5.41, 5.74) is 0. The molecule has 0 amide bonds. The summed E-state index contributed by atoms with van der Waals surface area (Å²) < 4.78 is 57.3. The zero-order valence-corrected chi connectivity index (χ0v) is 29.4. The molecule has 2 fully saturated rings. The maximum Gasteiger partial charge on any atom is 0.187 e. The lowest BCUT2D eigenvalue weighted by Crippen LogP contribution is -2.66. The molecule has 0 bridgehead atoms. The number of rotatable bonds is 27. The van der Waals surface area contributed by atoms with E-state index in [1.165, 1.54) is 0 Å². The van der Waals surface area contributed by atoms with Crippen LogP contribution in [0.3, 0.4) is 0 Å². The van der Waals surface area contributed by atoms with Gasteiger partial charge in [-0.25, -0.2) is 0 Å². The molecule has 0 radical (unpaired) electrons. The van der Waals surface area contributed by atoms with Crippen LogP contribution in [0.25, 0.3) is 0 Å². The SMILES string of the molecule is C=CCO[C@H]1OC(CO)[C@@H](O)[C@H](O[C@@H]2OC(COCCCC)[C@@H](OCCCC)C(OCCCC)[C@@H]2OCCCC)C1OCCCC. The Hall–Kier alpha value is -0.700. The van der Waals surface area contributed by atoms with Gasteiger partial charge < -0.3 is 52.8 Å². The topological polar surface area (TPSA) is 124 Å². The number of unbranched alkanes of at least 4 members (excludes halogenated alkanes) is 5. The van der Waals surface area contributed by atoms with Gasteiger partial charge in [0, 0.05) is 33.0 Å². The summed E-state index contributed by atoms with van der Waals surface area (Å²) in [4.78, 5) is 0. The van der Waals surface area contributed by atoms with Gasteiger partial charge in [0.15, 0.2) is 12.6 Å². The second-order valence-corrected chi connectivity index (χ2v) is 12.2. The average Bonchev–Trinajstić information content (AvgIpc) is 3.06. The molecule has 2 rings (SSSR count). The third-order valence-corrected chi connectivity index (χ3v) is 8.22. The molecule has 0 spiro atoms. The maximum absolute atomic E-state index is 11.5. The van der Waals surface area contributed by atoms with Crippen LogP contribution in [-0.4, -0.2) is 124 Å². The van der Waals surface area contributed by atoms with Crippen LogP contribution in [0.15, 0.2) is 12.7 Å². The number of aliphatic hydroxyl groups is 2. The van der Waals surface area contributed by atoms with Crippen LogP contribution >= 0.6 is 0 Å². The molecule has 272 valence electrons. The van der Waals surface area contributed by atoms with Crippen molar-refractivity contribution in [1.82, 2.24) is 0 Å². The number of aliphatic hydroxyl groups excluding tert-OH is 2. The van der Waals surface area contributed by atoms with Crippen molar-refractivity contribution in [2.75, 3.05) is 52.9 Å². The lowest BCUT2D eigenvalue weighted by atomic mass is 9.96. The number of ether oxygens (including phenoxy) is 9.